The van der Waals surface area contributed by atoms with E-state index in [0.717, 1.165) is 22.8 Å². The van der Waals surface area contributed by atoms with E-state index in [1.165, 1.54) is 11.1 Å². The Morgan fingerprint density at radius 2 is 0.966 bits per heavy atom. The van der Waals surface area contributed by atoms with Crippen LogP contribution in [0.3, 0.4) is 0 Å². The molecule has 3 heterocycles. The second-order valence-electron chi connectivity index (χ2n) is 6.77. The second-order valence-corrected chi connectivity index (χ2v) is 6.77. The van der Waals surface area contributed by atoms with Gasteiger partial charge in [0.05, 0.1) is 0 Å². The SMILES string of the molecule is [B]1N(c2cc(-c3ccccc3)ccn2)C=CN1c1cc(-c2ccccc2)ccn1. The summed E-state index contributed by atoms with van der Waals surface area (Å²) < 4.78 is 0. The molecule has 0 spiro atoms. The van der Waals surface area contributed by atoms with Crippen LogP contribution in [0.15, 0.2) is 110 Å². The first-order valence-corrected chi connectivity index (χ1v) is 9.50. The van der Waals surface area contributed by atoms with E-state index in [-0.39, 0.29) is 0 Å². The van der Waals surface area contributed by atoms with Crippen molar-refractivity contribution in [2.45, 2.75) is 0 Å². The summed E-state index contributed by atoms with van der Waals surface area (Å²) in [6.07, 6.45) is 7.68. The van der Waals surface area contributed by atoms with Gasteiger partial charge in [-0.3, -0.25) is 0 Å². The van der Waals surface area contributed by atoms with Crippen molar-refractivity contribution in [1.82, 2.24) is 9.97 Å². The summed E-state index contributed by atoms with van der Waals surface area (Å²) in [5.41, 5.74) is 4.63. The molecular weight excluding hydrogens is 355 g/mol. The molecule has 0 saturated carbocycles. The van der Waals surface area contributed by atoms with E-state index in [4.69, 9.17) is 0 Å². The normalized spacial score (nSPS) is 12.8. The molecule has 0 aliphatic carbocycles. The molecule has 1 radical (unpaired) electrons. The van der Waals surface area contributed by atoms with Crippen molar-refractivity contribution in [3.63, 3.8) is 0 Å². The summed E-state index contributed by atoms with van der Waals surface area (Å²) in [6, 6.07) is 28.9. The maximum absolute atomic E-state index is 4.54. The topological polar surface area (TPSA) is 32.3 Å². The van der Waals surface area contributed by atoms with E-state index >= 15 is 0 Å². The monoisotopic (exact) mass is 373 g/mol. The molecule has 1 aliphatic rings. The zero-order valence-electron chi connectivity index (χ0n) is 15.8. The molecule has 0 N–H and O–H groups in total. The van der Waals surface area contributed by atoms with Crippen LogP contribution in [0.25, 0.3) is 22.3 Å². The van der Waals surface area contributed by atoms with Crippen LogP contribution in [-0.4, -0.2) is 17.5 Å². The van der Waals surface area contributed by atoms with Gasteiger partial charge >= 0.3 is 7.55 Å². The largest absolute Gasteiger partial charge is 0.402 e. The minimum atomic E-state index is 0.865. The van der Waals surface area contributed by atoms with Gasteiger partial charge in [-0.15, -0.1) is 0 Å². The molecule has 0 atom stereocenters. The Hall–Kier alpha value is -3.86. The van der Waals surface area contributed by atoms with Crippen LogP contribution in [0.2, 0.25) is 0 Å². The van der Waals surface area contributed by atoms with E-state index < -0.39 is 0 Å². The summed E-state index contributed by atoms with van der Waals surface area (Å²) in [5, 5.41) is 0. The predicted octanol–water partition coefficient (Wildman–Crippen LogP) is 5.14. The van der Waals surface area contributed by atoms with Crippen molar-refractivity contribution in [2.24, 2.45) is 0 Å². The maximum Gasteiger partial charge on any atom is 0.402 e. The van der Waals surface area contributed by atoms with Crippen molar-refractivity contribution >= 4 is 19.2 Å². The molecule has 4 aromatic rings. The highest BCUT2D eigenvalue weighted by Crippen LogP contribution is 2.27. The quantitative estimate of drug-likeness (QED) is 0.464. The molecule has 1 aliphatic heterocycles. The van der Waals surface area contributed by atoms with Crippen molar-refractivity contribution < 1.29 is 0 Å². The second kappa shape index (κ2) is 7.64. The summed E-state index contributed by atoms with van der Waals surface area (Å²) in [5.74, 6) is 1.73. The zero-order chi connectivity index (χ0) is 19.5. The van der Waals surface area contributed by atoms with Gasteiger partial charge in [0.1, 0.15) is 11.6 Å². The highest BCUT2D eigenvalue weighted by Gasteiger charge is 2.21. The first kappa shape index (κ1) is 17.3. The lowest BCUT2D eigenvalue weighted by Gasteiger charge is -2.19. The molecule has 2 aromatic carbocycles. The van der Waals surface area contributed by atoms with Crippen LogP contribution in [0.4, 0.5) is 11.6 Å². The highest BCUT2D eigenvalue weighted by molar-refractivity contribution is 6.49. The third kappa shape index (κ3) is 3.63. The zero-order valence-corrected chi connectivity index (χ0v) is 15.8. The van der Waals surface area contributed by atoms with Gasteiger partial charge in [-0.2, -0.15) is 0 Å². The molecule has 0 amide bonds. The van der Waals surface area contributed by atoms with Crippen molar-refractivity contribution in [3.05, 3.63) is 110 Å². The van der Waals surface area contributed by atoms with Crippen LogP contribution in [0.5, 0.6) is 0 Å². The number of aromatic nitrogens is 2. The Bertz CT molecular complexity index is 1050. The molecule has 4 nitrogen and oxygen atoms in total. The average molecular weight is 373 g/mol. The molecule has 29 heavy (non-hydrogen) atoms. The van der Waals surface area contributed by atoms with Crippen LogP contribution in [0, 0.1) is 0 Å². The summed E-state index contributed by atoms with van der Waals surface area (Å²) in [7, 11) is 1.99. The average Bonchev–Trinajstić information content (AvgIpc) is 3.31. The van der Waals surface area contributed by atoms with Gasteiger partial charge in [0.15, 0.2) is 0 Å². The maximum atomic E-state index is 4.54. The smallest absolute Gasteiger partial charge is 0.358 e. The third-order valence-electron chi connectivity index (χ3n) is 4.87. The number of nitrogens with zero attached hydrogens (tertiary/aromatic N) is 4. The number of anilines is 2. The molecule has 0 fully saturated rings. The minimum absolute atomic E-state index is 0.865. The number of benzene rings is 2. The summed E-state index contributed by atoms with van der Waals surface area (Å²) >= 11 is 0. The molecule has 2 aromatic heterocycles. The van der Waals surface area contributed by atoms with Crippen LogP contribution in [0.1, 0.15) is 0 Å². The van der Waals surface area contributed by atoms with Gasteiger partial charge in [0.2, 0.25) is 0 Å². The van der Waals surface area contributed by atoms with E-state index in [1.54, 1.807) is 0 Å². The number of hydrogen-bond donors (Lipinski definition) is 0. The van der Waals surface area contributed by atoms with Gasteiger partial charge in [0.25, 0.3) is 0 Å². The van der Waals surface area contributed by atoms with E-state index in [0.29, 0.717) is 0 Å². The van der Waals surface area contributed by atoms with Gasteiger partial charge in [-0.05, 0) is 46.5 Å². The fraction of sp³-hybridized carbons (Fsp3) is 0. The molecule has 0 bridgehead atoms. The van der Waals surface area contributed by atoms with E-state index in [2.05, 4.69) is 46.4 Å². The molecule has 5 rings (SSSR count). The molecule has 137 valence electrons. The lowest BCUT2D eigenvalue weighted by atomic mass is 10.0. The highest BCUT2D eigenvalue weighted by atomic mass is 15.3. The van der Waals surface area contributed by atoms with Gasteiger partial charge in [0, 0.05) is 24.8 Å². The molecule has 0 saturated heterocycles. The van der Waals surface area contributed by atoms with Gasteiger partial charge in [-0.1, -0.05) is 60.7 Å². The Morgan fingerprint density at radius 3 is 1.41 bits per heavy atom. The summed E-state index contributed by atoms with van der Waals surface area (Å²) in [4.78, 5) is 13.1. The van der Waals surface area contributed by atoms with Crippen LogP contribution >= 0.6 is 0 Å². The lowest BCUT2D eigenvalue weighted by molar-refractivity contribution is 1.23. The lowest BCUT2D eigenvalue weighted by Crippen LogP contribution is -2.30. The Kier molecular flexibility index (Phi) is 4.55. The Morgan fingerprint density at radius 1 is 0.517 bits per heavy atom. The summed E-state index contributed by atoms with van der Waals surface area (Å²) in [6.45, 7) is 0. The van der Waals surface area contributed by atoms with E-state index in [9.17, 15) is 0 Å². The van der Waals surface area contributed by atoms with Crippen molar-refractivity contribution in [2.75, 3.05) is 9.62 Å². The first-order chi connectivity index (χ1) is 14.4. The van der Waals surface area contributed by atoms with Crippen molar-refractivity contribution in [1.29, 1.82) is 0 Å². The molecular formula is C24H18BN4. The van der Waals surface area contributed by atoms with Crippen molar-refractivity contribution in [3.8, 4) is 22.3 Å². The Labute approximate surface area is 171 Å². The fourth-order valence-electron chi connectivity index (χ4n) is 3.37. The van der Waals surface area contributed by atoms with Gasteiger partial charge < -0.3 is 9.62 Å². The Balaban J connectivity index is 1.37. The predicted molar refractivity (Wildman–Crippen MR) is 119 cm³/mol. The van der Waals surface area contributed by atoms with E-state index in [1.807, 2.05) is 90.5 Å². The molecule has 0 unspecified atom stereocenters. The van der Waals surface area contributed by atoms with Crippen LogP contribution < -0.4 is 9.62 Å². The first-order valence-electron chi connectivity index (χ1n) is 9.50. The number of hydrogen-bond acceptors (Lipinski definition) is 4. The molecule has 5 heteroatoms. The van der Waals surface area contributed by atoms with Gasteiger partial charge in [-0.25, -0.2) is 9.97 Å². The third-order valence-corrected chi connectivity index (χ3v) is 4.87. The minimum Gasteiger partial charge on any atom is -0.358 e. The number of pyridine rings is 2. The standard InChI is InChI=1S/C24H18BN4/c1-3-7-19(8-4-1)21-11-13-26-23(17-21)28-15-16-29(25-28)24-18-22(12-14-27-24)20-9-5-2-6-10-20/h1-18H. The fourth-order valence-corrected chi connectivity index (χ4v) is 3.37. The number of rotatable bonds is 4. The van der Waals surface area contributed by atoms with Crippen LogP contribution in [-0.2, 0) is 0 Å².